The van der Waals surface area contributed by atoms with Gasteiger partial charge in [0, 0.05) is 36.0 Å². The second kappa shape index (κ2) is 11.6. The lowest BCUT2D eigenvalue weighted by Gasteiger charge is -2.46. The summed E-state index contributed by atoms with van der Waals surface area (Å²) in [5.74, 6) is 0. The average Bonchev–Trinajstić information content (AvgIpc) is 3.56. The van der Waals surface area contributed by atoms with Crippen molar-refractivity contribution in [3.8, 4) is 27.9 Å². The molecule has 1 nitrogen and oxygen atoms in total. The fourth-order valence-corrected chi connectivity index (χ4v) is 11.3. The first-order valence-corrected chi connectivity index (χ1v) is 19.4. The van der Waals surface area contributed by atoms with Crippen LogP contribution in [0.5, 0.6) is 0 Å². The van der Waals surface area contributed by atoms with Gasteiger partial charge in [0.15, 0.2) is 0 Å². The first-order valence-electron chi connectivity index (χ1n) is 17.8. The van der Waals surface area contributed by atoms with Gasteiger partial charge in [0.1, 0.15) is 0 Å². The van der Waals surface area contributed by atoms with Gasteiger partial charge in [-0.1, -0.05) is 163 Å². The van der Waals surface area contributed by atoms with Crippen molar-refractivity contribution < 1.29 is 0 Å². The van der Waals surface area contributed by atoms with Crippen molar-refractivity contribution in [3.63, 3.8) is 0 Å². The van der Waals surface area contributed by atoms with E-state index in [9.17, 15) is 0 Å². The molecule has 3 heteroatoms. The maximum atomic E-state index is 2.48. The molecule has 1 unspecified atom stereocenters. The van der Waals surface area contributed by atoms with E-state index in [1.54, 1.807) is 0 Å². The molecule has 1 spiro atoms. The van der Waals surface area contributed by atoms with Gasteiger partial charge >= 0.3 is 0 Å². The van der Waals surface area contributed by atoms with Crippen molar-refractivity contribution >= 4 is 45.3 Å². The van der Waals surface area contributed by atoms with E-state index < -0.39 is 5.41 Å². The molecule has 0 saturated carbocycles. The van der Waals surface area contributed by atoms with E-state index in [4.69, 9.17) is 0 Å². The van der Waals surface area contributed by atoms with Crippen molar-refractivity contribution in [3.05, 3.63) is 210 Å². The van der Waals surface area contributed by atoms with Gasteiger partial charge in [0.2, 0.25) is 0 Å². The molecule has 0 N–H and O–H groups in total. The molecule has 8 aromatic carbocycles. The van der Waals surface area contributed by atoms with Crippen LogP contribution in [0, 0.1) is 0 Å². The quantitative estimate of drug-likeness (QED) is 0.181. The van der Waals surface area contributed by atoms with E-state index >= 15 is 0 Å². The number of nitrogens with zero attached hydrogens (tertiary/aromatic N) is 1. The van der Waals surface area contributed by atoms with Crippen LogP contribution in [-0.4, -0.2) is 4.57 Å². The monoisotopic (exact) mass is 697 g/mol. The summed E-state index contributed by atoms with van der Waals surface area (Å²) >= 11 is 3.82. The van der Waals surface area contributed by atoms with E-state index in [2.05, 4.69) is 193 Å². The Morgan fingerprint density at radius 3 is 1.79 bits per heavy atom. The van der Waals surface area contributed by atoms with Crippen LogP contribution in [0.25, 0.3) is 49.7 Å². The van der Waals surface area contributed by atoms with Crippen LogP contribution in [0.3, 0.4) is 0 Å². The maximum absolute atomic E-state index is 2.48. The molecular formula is C49H31NS2. The number of rotatable bonds is 3. The van der Waals surface area contributed by atoms with Crippen LogP contribution < -0.4 is 0 Å². The number of para-hydroxylation sites is 2. The number of aromatic nitrogens is 1. The summed E-state index contributed by atoms with van der Waals surface area (Å²) in [7, 11) is 0. The van der Waals surface area contributed by atoms with Crippen LogP contribution in [-0.2, 0) is 5.41 Å². The molecule has 0 saturated heterocycles. The third-order valence-corrected chi connectivity index (χ3v) is 13.3. The third-order valence-electron chi connectivity index (χ3n) is 10.9. The molecule has 0 radical (unpaired) electrons. The molecule has 1 atom stereocenters. The Morgan fingerprint density at radius 2 is 0.981 bits per heavy atom. The molecule has 0 fully saturated rings. The minimum Gasteiger partial charge on any atom is -0.309 e. The Hall–Kier alpha value is -5.74. The fraction of sp³-hybridized carbons (Fsp3) is 0.0204. The van der Waals surface area contributed by atoms with Crippen LogP contribution in [0.1, 0.15) is 22.3 Å². The van der Waals surface area contributed by atoms with Gasteiger partial charge in [-0.3, -0.25) is 0 Å². The smallest absolute Gasteiger partial charge is 0.0745 e. The van der Waals surface area contributed by atoms with Crippen molar-refractivity contribution in [2.75, 3.05) is 0 Å². The number of benzene rings is 8. The lowest BCUT2D eigenvalue weighted by atomic mass is 9.64. The highest BCUT2D eigenvalue weighted by molar-refractivity contribution is 8.00. The highest BCUT2D eigenvalue weighted by Crippen LogP contribution is 2.63. The largest absolute Gasteiger partial charge is 0.309 e. The highest BCUT2D eigenvalue weighted by atomic mass is 32.2. The van der Waals surface area contributed by atoms with Crippen LogP contribution in [0.4, 0.5) is 0 Å². The molecule has 2 aliphatic heterocycles. The van der Waals surface area contributed by atoms with Gasteiger partial charge in [0.05, 0.1) is 16.4 Å². The van der Waals surface area contributed by atoms with Crippen molar-refractivity contribution in [2.24, 2.45) is 0 Å². The van der Waals surface area contributed by atoms with Gasteiger partial charge < -0.3 is 4.57 Å². The summed E-state index contributed by atoms with van der Waals surface area (Å²) < 4.78 is 2.42. The van der Waals surface area contributed by atoms with Gasteiger partial charge in [-0.05, 0) is 93.0 Å². The molecule has 0 amide bonds. The third kappa shape index (κ3) is 4.21. The van der Waals surface area contributed by atoms with E-state index in [1.165, 1.54) is 91.6 Å². The van der Waals surface area contributed by atoms with E-state index in [1.807, 2.05) is 23.5 Å². The van der Waals surface area contributed by atoms with E-state index in [-0.39, 0.29) is 0 Å². The summed E-state index contributed by atoms with van der Waals surface area (Å²) in [6.45, 7) is 0. The second-order valence-electron chi connectivity index (χ2n) is 13.6. The molecule has 2 aliphatic rings. The van der Waals surface area contributed by atoms with Gasteiger partial charge in [0.25, 0.3) is 0 Å². The second-order valence-corrected chi connectivity index (χ2v) is 15.7. The van der Waals surface area contributed by atoms with Crippen LogP contribution in [0.15, 0.2) is 208 Å². The van der Waals surface area contributed by atoms with Crippen LogP contribution >= 0.6 is 23.5 Å². The van der Waals surface area contributed by atoms with E-state index in [0.29, 0.717) is 0 Å². The molecule has 0 aliphatic carbocycles. The molecular weight excluding hydrogens is 667 g/mol. The lowest BCUT2D eigenvalue weighted by molar-refractivity contribution is 0.668. The Bertz CT molecular complexity index is 2840. The summed E-state index contributed by atoms with van der Waals surface area (Å²) in [5, 5.41) is 2.55. The summed E-state index contributed by atoms with van der Waals surface area (Å²) in [5.41, 5.74) is 13.5. The van der Waals surface area contributed by atoms with Gasteiger partial charge in [-0.2, -0.15) is 0 Å². The molecule has 9 aromatic rings. The number of hydrogen-bond donors (Lipinski definition) is 0. The van der Waals surface area contributed by atoms with Crippen molar-refractivity contribution in [2.45, 2.75) is 25.0 Å². The Balaban J connectivity index is 1.25. The maximum Gasteiger partial charge on any atom is 0.0745 e. The molecule has 1 aromatic heterocycles. The summed E-state index contributed by atoms with van der Waals surface area (Å²) in [6.07, 6.45) is 0. The predicted octanol–water partition coefficient (Wildman–Crippen LogP) is 13.4. The molecule has 11 rings (SSSR count). The van der Waals surface area contributed by atoms with Crippen LogP contribution in [0.2, 0.25) is 0 Å². The first kappa shape index (κ1) is 29.9. The highest BCUT2D eigenvalue weighted by Gasteiger charge is 2.49. The Morgan fingerprint density at radius 1 is 0.385 bits per heavy atom. The van der Waals surface area contributed by atoms with Gasteiger partial charge in [-0.15, -0.1) is 0 Å². The minimum absolute atomic E-state index is 0.499. The topological polar surface area (TPSA) is 4.93 Å². The number of hydrogen-bond acceptors (Lipinski definition) is 2. The van der Waals surface area contributed by atoms with E-state index in [0.717, 1.165) is 0 Å². The standard InChI is InChI=1S/C49H31NS2/c1-3-15-32(16-4-1)33-29-30-46-41(31-33)49(38-22-8-11-27-44(38)51-46)39-23-9-12-28-45(39)52-48-36(21-13-24-40(48)49)35-20-14-26-43-47(35)37-19-7-10-25-42(37)50(43)34-17-5-2-6-18-34/h1-31H. The zero-order chi connectivity index (χ0) is 34.2. The normalized spacial score (nSPS) is 15.6. The van der Waals surface area contributed by atoms with Crippen molar-refractivity contribution in [1.29, 1.82) is 0 Å². The predicted molar refractivity (Wildman–Crippen MR) is 218 cm³/mol. The molecule has 0 bridgehead atoms. The van der Waals surface area contributed by atoms with Crippen molar-refractivity contribution in [1.82, 2.24) is 4.57 Å². The Kier molecular flexibility index (Phi) is 6.70. The first-order chi connectivity index (χ1) is 25.8. The SMILES string of the molecule is c1ccc(-c2ccc3c(c2)C2(c4ccccc4S3)c3ccccc3Sc3c(-c4cccc5c4c4ccccc4n5-c4ccccc4)cccc32)cc1. The molecule has 3 heterocycles. The molecule has 244 valence electrons. The zero-order valence-corrected chi connectivity index (χ0v) is 29.8. The fourth-order valence-electron chi connectivity index (χ4n) is 8.81. The minimum atomic E-state index is -0.499. The lowest BCUT2D eigenvalue weighted by Crippen LogP contribution is -2.36. The van der Waals surface area contributed by atoms with Gasteiger partial charge in [-0.25, -0.2) is 0 Å². The summed E-state index contributed by atoms with van der Waals surface area (Å²) in [4.78, 5) is 5.25. The zero-order valence-electron chi connectivity index (χ0n) is 28.2. The number of fused-ring (bicyclic) bond motifs is 11. The Labute approximate surface area is 311 Å². The average molecular weight is 698 g/mol. The summed E-state index contributed by atoms with van der Waals surface area (Å²) in [6, 6.07) is 69.7. The molecule has 52 heavy (non-hydrogen) atoms.